The molecule has 0 aromatic heterocycles. The van der Waals surface area contributed by atoms with Crippen molar-refractivity contribution >= 4 is 5.78 Å². The molecule has 0 saturated heterocycles. The molecule has 5 atom stereocenters. The fraction of sp³-hybridized carbons (Fsp3) is 0.750. The van der Waals surface area contributed by atoms with E-state index in [1.165, 1.54) is 18.4 Å². The van der Waals surface area contributed by atoms with Crippen LogP contribution in [0.5, 0.6) is 0 Å². The van der Waals surface area contributed by atoms with E-state index in [1.807, 2.05) is 0 Å². The summed E-state index contributed by atoms with van der Waals surface area (Å²) in [6, 6.07) is 0. The summed E-state index contributed by atoms with van der Waals surface area (Å²) in [6.07, 6.45) is 6.54. The summed E-state index contributed by atoms with van der Waals surface area (Å²) in [4.78, 5) is 13.1. The van der Waals surface area contributed by atoms with Gasteiger partial charge in [-0.05, 0) is 43.1 Å². The largest absolute Gasteiger partial charge is 0.389 e. The molecule has 2 aliphatic rings. The summed E-state index contributed by atoms with van der Waals surface area (Å²) in [5.74, 6) is 1.51. The monoisotopic (exact) mass is 304 g/mol. The maximum Gasteiger partial charge on any atom is 0.144 e. The van der Waals surface area contributed by atoms with Gasteiger partial charge in [0.25, 0.3) is 0 Å². The first kappa shape index (κ1) is 17.5. The normalized spacial score (nSPS) is 33.6. The van der Waals surface area contributed by atoms with Crippen LogP contribution in [-0.2, 0) is 4.79 Å². The molecule has 0 amide bonds. The molecule has 0 spiro atoms. The highest BCUT2D eigenvalue weighted by Gasteiger charge is 2.44. The van der Waals surface area contributed by atoms with Crippen LogP contribution in [0.4, 0.5) is 0 Å². The first-order valence-corrected chi connectivity index (χ1v) is 8.90. The van der Waals surface area contributed by atoms with Gasteiger partial charge >= 0.3 is 0 Å². The molecular formula is C20H32O2. The third-order valence-corrected chi connectivity index (χ3v) is 5.77. The van der Waals surface area contributed by atoms with Crippen LogP contribution >= 0.6 is 0 Å². The fourth-order valence-electron chi connectivity index (χ4n) is 4.23. The molecule has 2 nitrogen and oxygen atoms in total. The number of Topliss-reactive ketones (excluding diaryl/α,β-unsaturated/α-hetero) is 1. The molecule has 1 N–H and O–H groups in total. The summed E-state index contributed by atoms with van der Waals surface area (Å²) < 4.78 is 0. The van der Waals surface area contributed by atoms with Crippen molar-refractivity contribution in [2.75, 3.05) is 0 Å². The van der Waals surface area contributed by atoms with Crippen LogP contribution in [0.2, 0.25) is 0 Å². The van der Waals surface area contributed by atoms with E-state index in [2.05, 4.69) is 40.3 Å². The van der Waals surface area contributed by atoms with Crippen molar-refractivity contribution in [3.05, 3.63) is 23.8 Å². The molecule has 0 unspecified atom stereocenters. The van der Waals surface area contributed by atoms with Gasteiger partial charge in [-0.25, -0.2) is 0 Å². The van der Waals surface area contributed by atoms with Gasteiger partial charge < -0.3 is 5.11 Å². The van der Waals surface area contributed by atoms with E-state index in [9.17, 15) is 9.90 Å². The van der Waals surface area contributed by atoms with Crippen molar-refractivity contribution in [1.82, 2.24) is 0 Å². The Hall–Kier alpha value is -0.890. The van der Waals surface area contributed by atoms with Crippen LogP contribution in [0.1, 0.15) is 59.8 Å². The summed E-state index contributed by atoms with van der Waals surface area (Å²) in [5.41, 5.74) is 2.06. The molecule has 1 saturated carbocycles. The molecule has 1 fully saturated rings. The van der Waals surface area contributed by atoms with Crippen molar-refractivity contribution < 1.29 is 9.90 Å². The Morgan fingerprint density at radius 3 is 2.64 bits per heavy atom. The lowest BCUT2D eigenvalue weighted by Gasteiger charge is -2.25. The van der Waals surface area contributed by atoms with Crippen LogP contribution < -0.4 is 0 Å². The van der Waals surface area contributed by atoms with Gasteiger partial charge in [0.05, 0.1) is 6.10 Å². The molecule has 0 aliphatic heterocycles. The predicted octanol–water partition coefficient (Wildman–Crippen LogP) is 4.54. The number of carbonyl (C=O) groups excluding carboxylic acids is 1. The van der Waals surface area contributed by atoms with Gasteiger partial charge in [-0.2, -0.15) is 0 Å². The minimum atomic E-state index is -0.518. The maximum atomic E-state index is 13.1. The smallest absolute Gasteiger partial charge is 0.144 e. The maximum absolute atomic E-state index is 13.1. The average molecular weight is 304 g/mol. The van der Waals surface area contributed by atoms with Crippen molar-refractivity contribution in [3.8, 4) is 0 Å². The summed E-state index contributed by atoms with van der Waals surface area (Å²) >= 11 is 0. The Morgan fingerprint density at radius 2 is 2.00 bits per heavy atom. The number of ketones is 1. The highest BCUT2D eigenvalue weighted by atomic mass is 16.3. The molecule has 0 aromatic carbocycles. The summed E-state index contributed by atoms with van der Waals surface area (Å²) in [6.45, 7) is 12.8. The number of aliphatic hydroxyl groups excluding tert-OH is 1. The van der Waals surface area contributed by atoms with Gasteiger partial charge in [0.2, 0.25) is 0 Å². The Labute approximate surface area is 135 Å². The average Bonchev–Trinajstić information content (AvgIpc) is 2.79. The fourth-order valence-corrected chi connectivity index (χ4v) is 4.23. The lowest BCUT2D eigenvalue weighted by atomic mass is 9.77. The van der Waals surface area contributed by atoms with E-state index in [0.717, 1.165) is 18.4 Å². The standard InChI is InChI=1S/C20H32O2/c1-12(2)7-6-8-13(3)17-11-18(21)15(5)16-10-9-14(4)19(16)20(17)22/h9,12-13,16-19,21H,5-8,10-11H2,1-4H3/t13-,16+,17+,18+,19-/m1/s1. The van der Waals surface area contributed by atoms with E-state index in [0.29, 0.717) is 24.0 Å². The van der Waals surface area contributed by atoms with Crippen LogP contribution in [0.15, 0.2) is 23.8 Å². The lowest BCUT2D eigenvalue weighted by Crippen LogP contribution is -2.30. The molecule has 2 heteroatoms. The van der Waals surface area contributed by atoms with Crippen molar-refractivity contribution in [3.63, 3.8) is 0 Å². The molecular weight excluding hydrogens is 272 g/mol. The predicted molar refractivity (Wildman–Crippen MR) is 91.5 cm³/mol. The first-order valence-electron chi connectivity index (χ1n) is 8.90. The number of hydrogen-bond acceptors (Lipinski definition) is 2. The number of aliphatic hydroxyl groups is 1. The molecule has 2 rings (SSSR count). The van der Waals surface area contributed by atoms with E-state index in [1.54, 1.807) is 0 Å². The lowest BCUT2D eigenvalue weighted by molar-refractivity contribution is -0.128. The van der Waals surface area contributed by atoms with Gasteiger partial charge in [0.15, 0.2) is 0 Å². The van der Waals surface area contributed by atoms with E-state index in [4.69, 9.17) is 0 Å². The zero-order valence-corrected chi connectivity index (χ0v) is 14.6. The highest BCUT2D eigenvalue weighted by Crippen LogP contribution is 2.45. The van der Waals surface area contributed by atoms with Crippen LogP contribution in [0, 0.1) is 29.6 Å². The molecule has 0 radical (unpaired) electrons. The molecule has 0 aromatic rings. The van der Waals surface area contributed by atoms with Gasteiger partial charge in [-0.15, -0.1) is 0 Å². The van der Waals surface area contributed by atoms with Gasteiger partial charge in [0, 0.05) is 11.8 Å². The third-order valence-electron chi connectivity index (χ3n) is 5.77. The minimum Gasteiger partial charge on any atom is -0.389 e. The summed E-state index contributed by atoms with van der Waals surface area (Å²) in [7, 11) is 0. The molecule has 22 heavy (non-hydrogen) atoms. The second-order valence-corrected chi connectivity index (χ2v) is 7.91. The Bertz CT molecular complexity index is 460. The number of hydrogen-bond donors (Lipinski definition) is 1. The number of fused-ring (bicyclic) bond motifs is 1. The van der Waals surface area contributed by atoms with Crippen molar-refractivity contribution in [2.45, 2.75) is 65.9 Å². The first-order chi connectivity index (χ1) is 10.3. The molecule has 2 aliphatic carbocycles. The van der Waals surface area contributed by atoms with Crippen LogP contribution in [0.25, 0.3) is 0 Å². The third kappa shape index (κ3) is 3.53. The van der Waals surface area contributed by atoms with E-state index < -0.39 is 6.10 Å². The molecule has 0 heterocycles. The topological polar surface area (TPSA) is 37.3 Å². The molecule has 0 bridgehead atoms. The Morgan fingerprint density at radius 1 is 1.32 bits per heavy atom. The summed E-state index contributed by atoms with van der Waals surface area (Å²) in [5, 5.41) is 10.5. The Kier molecular flexibility index (Phi) is 5.65. The van der Waals surface area contributed by atoms with Crippen LogP contribution in [0.3, 0.4) is 0 Å². The SMILES string of the molecule is C=C1[C@@H](O)C[C@@H]([C@H](C)CCCC(C)C)C(=O)[C@@H]2C(C)=CC[C@@H]12. The van der Waals surface area contributed by atoms with Gasteiger partial charge in [0.1, 0.15) is 5.78 Å². The van der Waals surface area contributed by atoms with Crippen LogP contribution in [-0.4, -0.2) is 17.0 Å². The van der Waals surface area contributed by atoms with Gasteiger partial charge in [-0.3, -0.25) is 4.79 Å². The Balaban J connectivity index is 2.11. The number of allylic oxidation sites excluding steroid dienone is 2. The number of rotatable bonds is 5. The zero-order chi connectivity index (χ0) is 16.4. The van der Waals surface area contributed by atoms with Gasteiger partial charge in [-0.1, -0.05) is 58.3 Å². The second kappa shape index (κ2) is 7.12. The minimum absolute atomic E-state index is 0.0182. The van der Waals surface area contributed by atoms with E-state index >= 15 is 0 Å². The quantitative estimate of drug-likeness (QED) is 0.757. The van der Waals surface area contributed by atoms with E-state index in [-0.39, 0.29) is 17.8 Å². The highest BCUT2D eigenvalue weighted by molar-refractivity contribution is 5.88. The van der Waals surface area contributed by atoms with Crippen molar-refractivity contribution in [2.24, 2.45) is 29.6 Å². The second-order valence-electron chi connectivity index (χ2n) is 7.91. The van der Waals surface area contributed by atoms with Crippen molar-refractivity contribution in [1.29, 1.82) is 0 Å². The molecule has 124 valence electrons. The zero-order valence-electron chi connectivity index (χ0n) is 14.6. The number of carbonyl (C=O) groups is 1.